The molecule has 0 aliphatic rings. The Hall–Kier alpha value is -2.20. The smallest absolute Gasteiger partial charge is 0.438 e. The summed E-state index contributed by atoms with van der Waals surface area (Å²) in [6.45, 7) is 0.0157. The molecule has 1 aromatic rings. The average Bonchev–Trinajstić information content (AvgIpc) is 2.28. The number of nitrogens with zero attached hydrogens (tertiary/aromatic N) is 3. The number of carbonyl (C=O) groups is 1. The molecule has 0 N–H and O–H groups in total. The molecule has 6 nitrogen and oxygen atoms in total. The first-order chi connectivity index (χ1) is 7.27. The van der Waals surface area contributed by atoms with E-state index in [0.29, 0.717) is 11.3 Å². The van der Waals surface area contributed by atoms with Crippen LogP contribution in [0.3, 0.4) is 0 Å². The number of hydrogen-bond donors (Lipinski definition) is 0. The van der Waals surface area contributed by atoms with Crippen LogP contribution in [0.1, 0.15) is 5.56 Å². The van der Waals surface area contributed by atoms with Crippen LogP contribution in [0, 0.1) is 0 Å². The van der Waals surface area contributed by atoms with Crippen LogP contribution in [-0.2, 0) is 16.1 Å². The molecule has 15 heavy (non-hydrogen) atoms. The lowest BCUT2D eigenvalue weighted by Gasteiger charge is -2.05. The number of azide groups is 1. The molecule has 0 aromatic heterocycles. The van der Waals surface area contributed by atoms with E-state index in [-0.39, 0.29) is 6.61 Å². The monoisotopic (exact) mass is 207 g/mol. The Morgan fingerprint density at radius 3 is 2.93 bits per heavy atom. The Bertz CT molecular complexity index is 399. The SMILES string of the molecule is COC(=O)OCc1ccccc1N=[N+]=[N-]. The van der Waals surface area contributed by atoms with E-state index in [4.69, 9.17) is 10.3 Å². The maximum atomic E-state index is 10.7. The second kappa shape index (κ2) is 5.51. The number of carbonyl (C=O) groups excluding carboxylic acids is 1. The number of methoxy groups -OCH3 is 1. The van der Waals surface area contributed by atoms with E-state index in [1.807, 2.05) is 0 Å². The molecule has 6 heteroatoms. The van der Waals surface area contributed by atoms with Gasteiger partial charge in [0, 0.05) is 10.6 Å². The zero-order chi connectivity index (χ0) is 11.1. The molecule has 0 fully saturated rings. The van der Waals surface area contributed by atoms with E-state index in [0.717, 1.165) is 0 Å². The number of hydrogen-bond acceptors (Lipinski definition) is 4. The summed E-state index contributed by atoms with van der Waals surface area (Å²) in [4.78, 5) is 13.4. The summed E-state index contributed by atoms with van der Waals surface area (Å²) in [5.41, 5.74) is 9.35. The van der Waals surface area contributed by atoms with Crippen molar-refractivity contribution >= 4 is 11.8 Å². The van der Waals surface area contributed by atoms with Crippen LogP contribution in [0.4, 0.5) is 10.5 Å². The molecule has 0 aliphatic carbocycles. The third-order valence-electron chi connectivity index (χ3n) is 1.66. The summed E-state index contributed by atoms with van der Waals surface area (Å²) >= 11 is 0. The third kappa shape index (κ3) is 3.21. The molecule has 0 spiro atoms. The van der Waals surface area contributed by atoms with Gasteiger partial charge in [-0.2, -0.15) is 0 Å². The Morgan fingerprint density at radius 2 is 2.27 bits per heavy atom. The first-order valence-corrected chi connectivity index (χ1v) is 4.11. The van der Waals surface area contributed by atoms with E-state index < -0.39 is 6.16 Å². The van der Waals surface area contributed by atoms with Gasteiger partial charge in [0.15, 0.2) is 0 Å². The largest absolute Gasteiger partial charge is 0.508 e. The molecule has 1 rings (SSSR count). The molecule has 0 unspecified atom stereocenters. The van der Waals surface area contributed by atoms with Crippen molar-refractivity contribution < 1.29 is 14.3 Å². The first-order valence-electron chi connectivity index (χ1n) is 4.11. The van der Waals surface area contributed by atoms with E-state index in [9.17, 15) is 4.79 Å². The van der Waals surface area contributed by atoms with Crippen LogP contribution in [-0.4, -0.2) is 13.3 Å². The van der Waals surface area contributed by atoms with Crippen molar-refractivity contribution in [3.05, 3.63) is 40.3 Å². The van der Waals surface area contributed by atoms with E-state index >= 15 is 0 Å². The average molecular weight is 207 g/mol. The topological polar surface area (TPSA) is 84.3 Å². The Morgan fingerprint density at radius 1 is 1.53 bits per heavy atom. The second-order valence-electron chi connectivity index (χ2n) is 2.56. The molecular formula is C9H9N3O3. The molecule has 0 atom stereocenters. The van der Waals surface area contributed by atoms with Gasteiger partial charge in [-0.05, 0) is 11.1 Å². The Kier molecular flexibility index (Phi) is 4.00. The van der Waals surface area contributed by atoms with Crippen molar-refractivity contribution in [1.29, 1.82) is 0 Å². The fourth-order valence-electron chi connectivity index (χ4n) is 0.974. The summed E-state index contributed by atoms with van der Waals surface area (Å²) in [6, 6.07) is 6.82. The number of benzene rings is 1. The predicted octanol–water partition coefficient (Wildman–Crippen LogP) is 2.91. The lowest BCUT2D eigenvalue weighted by molar-refractivity contribution is 0.0670. The van der Waals surface area contributed by atoms with Crippen molar-refractivity contribution in [2.75, 3.05) is 7.11 Å². The second-order valence-corrected chi connectivity index (χ2v) is 2.56. The minimum atomic E-state index is -0.772. The summed E-state index contributed by atoms with van der Waals surface area (Å²) in [5.74, 6) is 0. The normalized spacial score (nSPS) is 8.87. The highest BCUT2D eigenvalue weighted by molar-refractivity contribution is 5.60. The molecule has 0 bridgehead atoms. The van der Waals surface area contributed by atoms with Crippen LogP contribution in [0.15, 0.2) is 29.4 Å². The molecule has 0 amide bonds. The highest BCUT2D eigenvalue weighted by Gasteiger charge is 2.04. The van der Waals surface area contributed by atoms with Gasteiger partial charge in [0.05, 0.1) is 7.11 Å². The number of rotatable bonds is 3. The van der Waals surface area contributed by atoms with Gasteiger partial charge in [0.1, 0.15) is 6.61 Å². The highest BCUT2D eigenvalue weighted by atomic mass is 16.7. The minimum Gasteiger partial charge on any atom is -0.438 e. The lowest BCUT2D eigenvalue weighted by Crippen LogP contribution is -2.03. The van der Waals surface area contributed by atoms with Crippen LogP contribution in [0.5, 0.6) is 0 Å². The fourth-order valence-corrected chi connectivity index (χ4v) is 0.974. The van der Waals surface area contributed by atoms with Gasteiger partial charge < -0.3 is 9.47 Å². The van der Waals surface area contributed by atoms with Crippen molar-refractivity contribution in [2.45, 2.75) is 6.61 Å². The van der Waals surface area contributed by atoms with Crippen molar-refractivity contribution in [3.8, 4) is 0 Å². The highest BCUT2D eigenvalue weighted by Crippen LogP contribution is 2.19. The molecule has 0 saturated heterocycles. The van der Waals surface area contributed by atoms with Crippen LogP contribution < -0.4 is 0 Å². The number of ether oxygens (including phenoxy) is 2. The molecule has 0 heterocycles. The zero-order valence-corrected chi connectivity index (χ0v) is 8.08. The Labute approximate surface area is 86.0 Å². The van der Waals surface area contributed by atoms with Gasteiger partial charge in [-0.3, -0.25) is 0 Å². The maximum absolute atomic E-state index is 10.7. The molecule has 0 saturated carbocycles. The third-order valence-corrected chi connectivity index (χ3v) is 1.66. The van der Waals surface area contributed by atoms with Crippen molar-refractivity contribution in [2.24, 2.45) is 5.11 Å². The van der Waals surface area contributed by atoms with Gasteiger partial charge in [0.25, 0.3) is 0 Å². The van der Waals surface area contributed by atoms with Crippen LogP contribution in [0.2, 0.25) is 0 Å². The van der Waals surface area contributed by atoms with Gasteiger partial charge in [-0.1, -0.05) is 29.4 Å². The van der Waals surface area contributed by atoms with Gasteiger partial charge in [0.2, 0.25) is 0 Å². The lowest BCUT2D eigenvalue weighted by atomic mass is 10.2. The zero-order valence-electron chi connectivity index (χ0n) is 8.08. The summed E-state index contributed by atoms with van der Waals surface area (Å²) in [7, 11) is 1.22. The Balaban J connectivity index is 2.75. The van der Waals surface area contributed by atoms with Gasteiger partial charge >= 0.3 is 6.16 Å². The van der Waals surface area contributed by atoms with Crippen molar-refractivity contribution in [3.63, 3.8) is 0 Å². The summed E-state index contributed by atoms with van der Waals surface area (Å²) < 4.78 is 9.03. The minimum absolute atomic E-state index is 0.0157. The van der Waals surface area contributed by atoms with E-state index in [1.165, 1.54) is 7.11 Å². The summed E-state index contributed by atoms with van der Waals surface area (Å²) in [6.07, 6.45) is -0.772. The van der Waals surface area contributed by atoms with Gasteiger partial charge in [-0.15, -0.1) is 0 Å². The summed E-state index contributed by atoms with van der Waals surface area (Å²) in [5, 5.41) is 3.46. The fraction of sp³-hybridized carbons (Fsp3) is 0.222. The molecule has 1 aromatic carbocycles. The van der Waals surface area contributed by atoms with Crippen LogP contribution >= 0.6 is 0 Å². The predicted molar refractivity (Wildman–Crippen MR) is 52.4 cm³/mol. The van der Waals surface area contributed by atoms with Crippen molar-refractivity contribution in [1.82, 2.24) is 0 Å². The van der Waals surface area contributed by atoms with E-state index in [2.05, 4.69) is 14.8 Å². The standard InChI is InChI=1S/C9H9N3O3/c1-14-9(13)15-6-7-4-2-3-5-8(7)11-12-10/h2-5H,6H2,1H3. The first kappa shape index (κ1) is 10.9. The molecular weight excluding hydrogens is 198 g/mol. The molecule has 78 valence electrons. The van der Waals surface area contributed by atoms with Gasteiger partial charge in [-0.25, -0.2) is 4.79 Å². The maximum Gasteiger partial charge on any atom is 0.508 e. The van der Waals surface area contributed by atoms with Crippen LogP contribution in [0.25, 0.3) is 10.4 Å². The van der Waals surface area contributed by atoms with E-state index in [1.54, 1.807) is 24.3 Å². The molecule has 0 radical (unpaired) electrons. The quantitative estimate of drug-likeness (QED) is 0.330. The molecule has 0 aliphatic heterocycles.